The van der Waals surface area contributed by atoms with Crippen LogP contribution in [-0.2, 0) is 0 Å². The summed E-state index contributed by atoms with van der Waals surface area (Å²) in [6.45, 7) is 0. The van der Waals surface area contributed by atoms with Crippen LogP contribution in [0.4, 0.5) is 8.78 Å². The van der Waals surface area contributed by atoms with Gasteiger partial charge in [-0.25, -0.2) is 8.78 Å². The second kappa shape index (κ2) is 6.28. The van der Waals surface area contributed by atoms with Crippen molar-refractivity contribution in [3.05, 3.63) is 35.4 Å². The van der Waals surface area contributed by atoms with Crippen LogP contribution in [0.3, 0.4) is 0 Å². The van der Waals surface area contributed by atoms with E-state index in [0.717, 1.165) is 24.8 Å². The summed E-state index contributed by atoms with van der Waals surface area (Å²) in [4.78, 5) is 0. The molecular weight excluding hydrogens is 232 g/mol. The van der Waals surface area contributed by atoms with E-state index in [9.17, 15) is 8.78 Å². The molecule has 1 aromatic rings. The summed E-state index contributed by atoms with van der Waals surface area (Å²) in [6, 6.07) is 3.35. The van der Waals surface area contributed by atoms with Gasteiger partial charge in [0, 0.05) is 17.7 Å². The molecule has 1 aromatic carbocycles. The van der Waals surface area contributed by atoms with Gasteiger partial charge in [0.25, 0.3) is 0 Å². The smallest absolute Gasteiger partial charge is 0.130 e. The summed E-state index contributed by atoms with van der Waals surface area (Å²) in [6.07, 6.45) is 8.35. The molecule has 2 rings (SSSR count). The molecule has 0 radical (unpaired) electrons. The Kier molecular flexibility index (Phi) is 4.70. The van der Waals surface area contributed by atoms with Crippen LogP contribution in [-0.4, -0.2) is 0 Å². The van der Waals surface area contributed by atoms with Crippen molar-refractivity contribution < 1.29 is 8.78 Å². The maximum absolute atomic E-state index is 13.5. The molecule has 1 fully saturated rings. The molecule has 1 nitrogen and oxygen atoms in total. The van der Waals surface area contributed by atoms with Crippen LogP contribution in [0.15, 0.2) is 18.2 Å². The third-order valence-electron chi connectivity index (χ3n) is 3.97. The Morgan fingerprint density at radius 1 is 1.17 bits per heavy atom. The number of rotatable bonds is 4. The average molecular weight is 253 g/mol. The van der Waals surface area contributed by atoms with Crippen LogP contribution in [0.5, 0.6) is 0 Å². The van der Waals surface area contributed by atoms with Crippen molar-refractivity contribution in [2.75, 3.05) is 0 Å². The fourth-order valence-corrected chi connectivity index (χ4v) is 2.85. The molecule has 2 N–H and O–H groups in total. The number of hydrogen-bond acceptors (Lipinski definition) is 1. The van der Waals surface area contributed by atoms with Crippen molar-refractivity contribution in [2.45, 2.75) is 51.0 Å². The van der Waals surface area contributed by atoms with Crippen LogP contribution < -0.4 is 5.73 Å². The van der Waals surface area contributed by atoms with E-state index in [1.807, 2.05) is 0 Å². The van der Waals surface area contributed by atoms with Gasteiger partial charge in [0.1, 0.15) is 11.6 Å². The first-order valence-electron chi connectivity index (χ1n) is 6.87. The molecule has 0 aromatic heterocycles. The maximum atomic E-state index is 13.5. The molecular formula is C15H21F2N. The molecule has 1 aliphatic carbocycles. The van der Waals surface area contributed by atoms with Gasteiger partial charge < -0.3 is 5.73 Å². The van der Waals surface area contributed by atoms with Crippen LogP contribution >= 0.6 is 0 Å². The highest BCUT2D eigenvalue weighted by atomic mass is 19.1. The van der Waals surface area contributed by atoms with Gasteiger partial charge in [-0.05, 0) is 24.8 Å². The Morgan fingerprint density at radius 2 is 1.89 bits per heavy atom. The van der Waals surface area contributed by atoms with Gasteiger partial charge >= 0.3 is 0 Å². The number of benzene rings is 1. The fourth-order valence-electron chi connectivity index (χ4n) is 2.85. The van der Waals surface area contributed by atoms with Gasteiger partial charge in [0.15, 0.2) is 0 Å². The van der Waals surface area contributed by atoms with E-state index < -0.39 is 11.6 Å². The van der Waals surface area contributed by atoms with Crippen molar-refractivity contribution in [1.29, 1.82) is 0 Å². The summed E-state index contributed by atoms with van der Waals surface area (Å²) >= 11 is 0. The zero-order chi connectivity index (χ0) is 13.0. The third kappa shape index (κ3) is 3.52. The minimum atomic E-state index is -0.546. The number of hydrogen-bond donors (Lipinski definition) is 1. The van der Waals surface area contributed by atoms with Crippen molar-refractivity contribution in [3.63, 3.8) is 0 Å². The maximum Gasteiger partial charge on any atom is 0.130 e. The molecule has 3 heteroatoms. The normalized spacial score (nSPS) is 18.8. The standard InChI is InChI=1S/C15H21F2N/c16-12-7-8-13(14(17)10-12)15(18)9-6-11-4-2-1-3-5-11/h7-8,10-11,15H,1-6,9,18H2. The van der Waals surface area contributed by atoms with E-state index in [2.05, 4.69) is 0 Å². The topological polar surface area (TPSA) is 26.0 Å². The predicted octanol–water partition coefficient (Wildman–Crippen LogP) is 4.33. The molecule has 1 saturated carbocycles. The molecule has 1 atom stereocenters. The first-order chi connectivity index (χ1) is 8.66. The Labute approximate surface area is 107 Å². The highest BCUT2D eigenvalue weighted by Crippen LogP contribution is 2.30. The van der Waals surface area contributed by atoms with Crippen LogP contribution in [0, 0.1) is 17.6 Å². The molecule has 0 spiro atoms. The molecule has 0 saturated heterocycles. The van der Waals surface area contributed by atoms with Gasteiger partial charge in [-0.3, -0.25) is 0 Å². The van der Waals surface area contributed by atoms with E-state index in [0.29, 0.717) is 5.56 Å². The predicted molar refractivity (Wildman–Crippen MR) is 69.1 cm³/mol. The zero-order valence-corrected chi connectivity index (χ0v) is 10.7. The quantitative estimate of drug-likeness (QED) is 0.849. The molecule has 0 bridgehead atoms. The Hall–Kier alpha value is -0.960. The first kappa shape index (κ1) is 13.5. The summed E-state index contributed by atoms with van der Waals surface area (Å²) in [5.41, 5.74) is 6.44. The van der Waals surface area contributed by atoms with Gasteiger partial charge in [0.05, 0.1) is 0 Å². The highest BCUT2D eigenvalue weighted by molar-refractivity contribution is 5.21. The Morgan fingerprint density at radius 3 is 2.56 bits per heavy atom. The van der Waals surface area contributed by atoms with Gasteiger partial charge in [0.2, 0.25) is 0 Å². The van der Waals surface area contributed by atoms with Gasteiger partial charge in [-0.15, -0.1) is 0 Å². The Bertz CT molecular complexity index is 386. The molecule has 100 valence electrons. The van der Waals surface area contributed by atoms with E-state index in [1.165, 1.54) is 44.2 Å². The minimum Gasteiger partial charge on any atom is -0.324 e. The van der Waals surface area contributed by atoms with Crippen molar-refractivity contribution in [1.82, 2.24) is 0 Å². The van der Waals surface area contributed by atoms with E-state index in [-0.39, 0.29) is 6.04 Å². The average Bonchev–Trinajstić information content (AvgIpc) is 2.37. The van der Waals surface area contributed by atoms with E-state index >= 15 is 0 Å². The fraction of sp³-hybridized carbons (Fsp3) is 0.600. The van der Waals surface area contributed by atoms with Crippen molar-refractivity contribution in [2.24, 2.45) is 11.7 Å². The summed E-state index contributed by atoms with van der Waals surface area (Å²) in [5, 5.41) is 0. The molecule has 18 heavy (non-hydrogen) atoms. The lowest BCUT2D eigenvalue weighted by molar-refractivity contribution is 0.323. The van der Waals surface area contributed by atoms with Crippen LogP contribution in [0.2, 0.25) is 0 Å². The largest absolute Gasteiger partial charge is 0.324 e. The third-order valence-corrected chi connectivity index (χ3v) is 3.97. The molecule has 0 amide bonds. The second-order valence-electron chi connectivity index (χ2n) is 5.35. The van der Waals surface area contributed by atoms with E-state index in [4.69, 9.17) is 5.73 Å². The monoisotopic (exact) mass is 253 g/mol. The van der Waals surface area contributed by atoms with Crippen LogP contribution in [0.1, 0.15) is 56.6 Å². The Balaban J connectivity index is 1.88. The SMILES string of the molecule is NC(CCC1CCCCC1)c1ccc(F)cc1F. The lowest BCUT2D eigenvalue weighted by Crippen LogP contribution is -2.15. The number of halogens is 2. The molecule has 0 heterocycles. The van der Waals surface area contributed by atoms with E-state index in [1.54, 1.807) is 0 Å². The summed E-state index contributed by atoms with van der Waals surface area (Å²) in [5.74, 6) is -0.324. The highest BCUT2D eigenvalue weighted by Gasteiger charge is 2.17. The minimum absolute atomic E-state index is 0.312. The van der Waals surface area contributed by atoms with Gasteiger partial charge in [-0.2, -0.15) is 0 Å². The summed E-state index contributed by atoms with van der Waals surface area (Å²) in [7, 11) is 0. The number of nitrogens with two attached hydrogens (primary N) is 1. The van der Waals surface area contributed by atoms with Gasteiger partial charge in [-0.1, -0.05) is 38.2 Å². The molecule has 1 unspecified atom stereocenters. The first-order valence-corrected chi connectivity index (χ1v) is 6.87. The van der Waals surface area contributed by atoms with Crippen molar-refractivity contribution >= 4 is 0 Å². The molecule has 0 aliphatic heterocycles. The van der Waals surface area contributed by atoms with Crippen molar-refractivity contribution in [3.8, 4) is 0 Å². The lowest BCUT2D eigenvalue weighted by atomic mass is 9.84. The molecule has 1 aliphatic rings. The zero-order valence-electron chi connectivity index (χ0n) is 10.7. The summed E-state index contributed by atoms with van der Waals surface area (Å²) < 4.78 is 26.4. The lowest BCUT2D eigenvalue weighted by Gasteiger charge is -2.23. The van der Waals surface area contributed by atoms with Crippen LogP contribution in [0.25, 0.3) is 0 Å². The second-order valence-corrected chi connectivity index (χ2v) is 5.35.